The first-order valence-corrected chi connectivity index (χ1v) is 6.56. The molecule has 2 aromatic rings. The maximum Gasteiger partial charge on any atom is 0.169 e. The van der Waals surface area contributed by atoms with Crippen LogP contribution in [0, 0.1) is 17.2 Å². The zero-order valence-corrected chi connectivity index (χ0v) is 10.7. The van der Waals surface area contributed by atoms with Gasteiger partial charge in [0.25, 0.3) is 0 Å². The average Bonchev–Trinajstić information content (AvgIpc) is 3.16. The minimum atomic E-state index is 0.0749. The van der Waals surface area contributed by atoms with Crippen molar-refractivity contribution in [3.63, 3.8) is 0 Å². The van der Waals surface area contributed by atoms with Crippen molar-refractivity contribution < 1.29 is 5.11 Å². The Balaban J connectivity index is 2.03. The van der Waals surface area contributed by atoms with E-state index in [0.717, 1.165) is 12.2 Å². The first-order valence-electron chi connectivity index (χ1n) is 6.56. The van der Waals surface area contributed by atoms with Gasteiger partial charge in [-0.15, -0.1) is 0 Å². The number of aliphatic hydroxyl groups excluding tert-OH is 1. The predicted molar refractivity (Wildman–Crippen MR) is 71.9 cm³/mol. The molecule has 5 heteroatoms. The van der Waals surface area contributed by atoms with Gasteiger partial charge in [-0.1, -0.05) is 6.07 Å². The van der Waals surface area contributed by atoms with Crippen molar-refractivity contribution in [1.82, 2.24) is 9.38 Å². The molecule has 0 atom stereocenters. The minimum absolute atomic E-state index is 0.0749. The number of aromatic nitrogens is 2. The van der Waals surface area contributed by atoms with Crippen molar-refractivity contribution >= 4 is 11.5 Å². The van der Waals surface area contributed by atoms with Crippen molar-refractivity contribution in [3.8, 4) is 6.07 Å². The van der Waals surface area contributed by atoms with Crippen LogP contribution in [-0.2, 0) is 0 Å². The van der Waals surface area contributed by atoms with Gasteiger partial charge in [0.15, 0.2) is 11.5 Å². The van der Waals surface area contributed by atoms with Crippen LogP contribution in [-0.4, -0.2) is 34.2 Å². The van der Waals surface area contributed by atoms with Crippen molar-refractivity contribution in [2.75, 3.05) is 24.6 Å². The zero-order chi connectivity index (χ0) is 13.2. The second kappa shape index (κ2) is 4.90. The van der Waals surface area contributed by atoms with Crippen molar-refractivity contribution in [3.05, 3.63) is 30.1 Å². The van der Waals surface area contributed by atoms with E-state index in [1.54, 1.807) is 4.40 Å². The summed E-state index contributed by atoms with van der Waals surface area (Å²) in [6.07, 6.45) is 4.31. The number of anilines is 1. The lowest BCUT2D eigenvalue weighted by atomic mass is 10.3. The highest BCUT2D eigenvalue weighted by molar-refractivity contribution is 5.60. The molecular weight excluding hydrogens is 240 g/mol. The van der Waals surface area contributed by atoms with E-state index in [1.807, 2.05) is 29.3 Å². The second-order valence-electron chi connectivity index (χ2n) is 4.94. The molecule has 98 valence electrons. The molecular formula is C14H16N4O. The SMILES string of the molecule is N#Cc1c(N(CCO)CC2CC2)nc2ccccn12. The van der Waals surface area contributed by atoms with Gasteiger partial charge < -0.3 is 10.0 Å². The summed E-state index contributed by atoms with van der Waals surface area (Å²) in [5.74, 6) is 1.37. The number of pyridine rings is 1. The molecule has 0 radical (unpaired) electrons. The summed E-state index contributed by atoms with van der Waals surface area (Å²) in [4.78, 5) is 6.57. The van der Waals surface area contributed by atoms with E-state index >= 15 is 0 Å². The summed E-state index contributed by atoms with van der Waals surface area (Å²) in [6.45, 7) is 1.47. The maximum atomic E-state index is 9.37. The normalized spacial score (nSPS) is 14.5. The molecule has 2 heterocycles. The Kier molecular flexibility index (Phi) is 3.10. The summed E-state index contributed by atoms with van der Waals surface area (Å²) in [7, 11) is 0. The number of aliphatic hydroxyl groups is 1. The van der Waals surface area contributed by atoms with E-state index < -0.39 is 0 Å². The fourth-order valence-electron chi connectivity index (χ4n) is 2.32. The molecule has 1 N–H and O–H groups in total. The summed E-state index contributed by atoms with van der Waals surface area (Å²) >= 11 is 0. The molecule has 0 saturated heterocycles. The standard InChI is InChI=1S/C14H16N4O/c15-9-12-14(16-13-3-1-2-6-18(12)13)17(7-8-19)10-11-4-5-11/h1-3,6,11,19H,4-5,7-8,10H2. The molecule has 0 unspecified atom stereocenters. The molecule has 0 amide bonds. The summed E-state index contributed by atoms with van der Waals surface area (Å²) in [5, 5.41) is 18.6. The van der Waals surface area contributed by atoms with Gasteiger partial charge in [0, 0.05) is 19.3 Å². The quantitative estimate of drug-likeness (QED) is 0.878. The van der Waals surface area contributed by atoms with Crippen LogP contribution in [0.15, 0.2) is 24.4 Å². The van der Waals surface area contributed by atoms with E-state index in [2.05, 4.69) is 11.1 Å². The highest BCUT2D eigenvalue weighted by Crippen LogP contribution is 2.32. The van der Waals surface area contributed by atoms with Crippen molar-refractivity contribution in [2.45, 2.75) is 12.8 Å². The lowest BCUT2D eigenvalue weighted by Crippen LogP contribution is -2.29. The molecule has 5 nitrogen and oxygen atoms in total. The third kappa shape index (κ3) is 2.27. The van der Waals surface area contributed by atoms with Crippen LogP contribution in [0.1, 0.15) is 18.5 Å². The fraction of sp³-hybridized carbons (Fsp3) is 0.429. The molecule has 0 spiro atoms. The van der Waals surface area contributed by atoms with E-state index in [9.17, 15) is 10.4 Å². The highest BCUT2D eigenvalue weighted by Gasteiger charge is 2.27. The second-order valence-corrected chi connectivity index (χ2v) is 4.94. The lowest BCUT2D eigenvalue weighted by molar-refractivity contribution is 0.301. The number of nitriles is 1. The number of fused-ring (bicyclic) bond motifs is 1. The van der Waals surface area contributed by atoms with E-state index in [4.69, 9.17) is 0 Å². The van der Waals surface area contributed by atoms with Crippen LogP contribution in [0.2, 0.25) is 0 Å². The lowest BCUT2D eigenvalue weighted by Gasteiger charge is -2.21. The van der Waals surface area contributed by atoms with Crippen LogP contribution < -0.4 is 4.90 Å². The van der Waals surface area contributed by atoms with Gasteiger partial charge in [0.1, 0.15) is 11.7 Å². The Morgan fingerprint density at radius 3 is 3.00 bits per heavy atom. The largest absolute Gasteiger partial charge is 0.395 e. The molecule has 1 fully saturated rings. The first kappa shape index (κ1) is 12.0. The van der Waals surface area contributed by atoms with Crippen LogP contribution >= 0.6 is 0 Å². The van der Waals surface area contributed by atoms with Gasteiger partial charge >= 0.3 is 0 Å². The Morgan fingerprint density at radius 2 is 2.32 bits per heavy atom. The van der Waals surface area contributed by atoms with Gasteiger partial charge in [-0.3, -0.25) is 4.40 Å². The van der Waals surface area contributed by atoms with Gasteiger partial charge in [-0.2, -0.15) is 5.26 Å². The predicted octanol–water partition coefficient (Wildman–Crippen LogP) is 1.41. The maximum absolute atomic E-state index is 9.37. The third-order valence-electron chi connectivity index (χ3n) is 3.46. The molecule has 1 aliphatic rings. The Labute approximate surface area is 111 Å². The average molecular weight is 256 g/mol. The summed E-state index contributed by atoms with van der Waals surface area (Å²) in [5.41, 5.74) is 1.32. The molecule has 2 aromatic heterocycles. The monoisotopic (exact) mass is 256 g/mol. The Morgan fingerprint density at radius 1 is 1.47 bits per heavy atom. The summed E-state index contributed by atoms with van der Waals surface area (Å²) < 4.78 is 1.80. The van der Waals surface area contributed by atoms with Crippen molar-refractivity contribution in [2.24, 2.45) is 5.92 Å². The molecule has 19 heavy (non-hydrogen) atoms. The van der Waals surface area contributed by atoms with Gasteiger partial charge in [0.2, 0.25) is 0 Å². The van der Waals surface area contributed by atoms with Gasteiger partial charge in [-0.05, 0) is 30.9 Å². The highest BCUT2D eigenvalue weighted by atomic mass is 16.3. The van der Waals surface area contributed by atoms with Crippen LogP contribution in [0.3, 0.4) is 0 Å². The molecule has 0 aliphatic heterocycles. The van der Waals surface area contributed by atoms with Crippen LogP contribution in [0.4, 0.5) is 5.82 Å². The van der Waals surface area contributed by atoms with E-state index in [-0.39, 0.29) is 6.61 Å². The van der Waals surface area contributed by atoms with Crippen LogP contribution in [0.5, 0.6) is 0 Å². The Bertz CT molecular complexity index is 624. The first-order chi connectivity index (χ1) is 9.33. The fourth-order valence-corrected chi connectivity index (χ4v) is 2.32. The smallest absolute Gasteiger partial charge is 0.169 e. The number of nitrogens with zero attached hydrogens (tertiary/aromatic N) is 4. The van der Waals surface area contributed by atoms with E-state index in [0.29, 0.717) is 24.0 Å². The molecule has 3 rings (SSSR count). The van der Waals surface area contributed by atoms with Gasteiger partial charge in [0.05, 0.1) is 6.61 Å². The van der Waals surface area contributed by atoms with Crippen LogP contribution in [0.25, 0.3) is 5.65 Å². The molecule has 1 aliphatic carbocycles. The number of imidazole rings is 1. The summed E-state index contributed by atoms with van der Waals surface area (Å²) in [6, 6.07) is 7.91. The van der Waals surface area contributed by atoms with Gasteiger partial charge in [-0.25, -0.2) is 4.98 Å². The molecule has 0 bridgehead atoms. The zero-order valence-electron chi connectivity index (χ0n) is 10.7. The van der Waals surface area contributed by atoms with E-state index in [1.165, 1.54) is 12.8 Å². The Hall–Kier alpha value is -2.06. The number of rotatable bonds is 5. The number of hydrogen-bond acceptors (Lipinski definition) is 4. The van der Waals surface area contributed by atoms with Crippen molar-refractivity contribution in [1.29, 1.82) is 5.26 Å². The third-order valence-corrected chi connectivity index (χ3v) is 3.46. The minimum Gasteiger partial charge on any atom is -0.395 e. The number of hydrogen-bond donors (Lipinski definition) is 1. The molecule has 0 aromatic carbocycles. The molecule has 1 saturated carbocycles. The topological polar surface area (TPSA) is 64.6 Å².